The third kappa shape index (κ3) is 1.46. The minimum Gasteiger partial charge on any atom is -0.257 e. The maximum atomic E-state index is 4.10. The Balaban J connectivity index is 2.41. The molecule has 0 aliphatic rings. The third-order valence-electron chi connectivity index (χ3n) is 1.66. The molecule has 0 saturated carbocycles. The van der Waals surface area contributed by atoms with Crippen molar-refractivity contribution < 1.29 is 0 Å². The van der Waals surface area contributed by atoms with E-state index in [1.807, 2.05) is 30.3 Å². The first-order valence-corrected chi connectivity index (χ1v) is 3.84. The molecule has 0 atom stereocenters. The van der Waals surface area contributed by atoms with Crippen molar-refractivity contribution in [2.45, 2.75) is 0 Å². The Labute approximate surface area is 75.4 Å². The highest BCUT2D eigenvalue weighted by Gasteiger charge is 2.01. The lowest BCUT2D eigenvalue weighted by atomic mass is 10.2. The first-order chi connectivity index (χ1) is 6.40. The van der Waals surface area contributed by atoms with Gasteiger partial charge >= 0.3 is 0 Å². The number of nitrogens with zero attached hydrogens (tertiary/aromatic N) is 3. The average molecular weight is 172 g/mol. The highest BCUT2D eigenvalue weighted by atomic mass is 15.3. The lowest BCUT2D eigenvalue weighted by Crippen LogP contribution is -1.78. The molecule has 1 N–H and O–H groups in total. The molecule has 0 aliphatic heterocycles. The van der Waals surface area contributed by atoms with E-state index in [1.165, 1.54) is 0 Å². The van der Waals surface area contributed by atoms with Crippen molar-refractivity contribution in [3.8, 4) is 11.4 Å². The zero-order chi connectivity index (χ0) is 9.10. The van der Waals surface area contributed by atoms with E-state index in [-0.39, 0.29) is 0 Å². The highest BCUT2D eigenvalue weighted by molar-refractivity contribution is 5.55. The van der Waals surface area contributed by atoms with Gasteiger partial charge in [0.25, 0.3) is 5.95 Å². The van der Waals surface area contributed by atoms with E-state index < -0.39 is 0 Å². The van der Waals surface area contributed by atoms with Crippen molar-refractivity contribution in [1.29, 1.82) is 0 Å². The molecule has 13 heavy (non-hydrogen) atoms. The molecule has 0 radical (unpaired) electrons. The van der Waals surface area contributed by atoms with Crippen molar-refractivity contribution in [3.05, 3.63) is 30.3 Å². The number of hydrogen-bond acceptors (Lipinski definition) is 3. The van der Waals surface area contributed by atoms with Gasteiger partial charge in [-0.15, -0.1) is 5.10 Å². The fourth-order valence-corrected chi connectivity index (χ4v) is 1.05. The summed E-state index contributed by atoms with van der Waals surface area (Å²) in [6, 6.07) is 9.74. The maximum absolute atomic E-state index is 4.10. The number of aliphatic imine (C=N–C) groups is 1. The molecule has 1 aromatic carbocycles. The monoisotopic (exact) mass is 172 g/mol. The van der Waals surface area contributed by atoms with Crippen LogP contribution >= 0.6 is 0 Å². The quantitative estimate of drug-likeness (QED) is 0.702. The van der Waals surface area contributed by atoms with Crippen molar-refractivity contribution in [2.75, 3.05) is 0 Å². The predicted octanol–water partition coefficient (Wildman–Crippen LogP) is 1.80. The molecule has 4 nitrogen and oxygen atoms in total. The number of rotatable bonds is 2. The number of benzene rings is 1. The van der Waals surface area contributed by atoms with Gasteiger partial charge in [-0.25, -0.2) is 4.99 Å². The van der Waals surface area contributed by atoms with Crippen LogP contribution in [-0.4, -0.2) is 21.9 Å². The highest BCUT2D eigenvalue weighted by Crippen LogP contribution is 2.15. The van der Waals surface area contributed by atoms with Gasteiger partial charge in [0.05, 0.1) is 0 Å². The van der Waals surface area contributed by atoms with E-state index in [0.29, 0.717) is 11.8 Å². The fraction of sp³-hybridized carbons (Fsp3) is 0. The molecular formula is C9H8N4. The molecule has 1 heterocycles. The summed E-state index contributed by atoms with van der Waals surface area (Å²) in [5.41, 5.74) is 0.991. The summed E-state index contributed by atoms with van der Waals surface area (Å²) in [6.07, 6.45) is 0. The lowest BCUT2D eigenvalue weighted by Gasteiger charge is -1.91. The number of hydrogen-bond donors (Lipinski definition) is 1. The van der Waals surface area contributed by atoms with Crippen molar-refractivity contribution in [2.24, 2.45) is 4.99 Å². The summed E-state index contributed by atoms with van der Waals surface area (Å²) in [7, 11) is 0. The Morgan fingerprint density at radius 3 is 2.62 bits per heavy atom. The fourth-order valence-electron chi connectivity index (χ4n) is 1.05. The van der Waals surface area contributed by atoms with E-state index in [2.05, 4.69) is 26.9 Å². The summed E-state index contributed by atoms with van der Waals surface area (Å²) < 4.78 is 0. The van der Waals surface area contributed by atoms with Crippen LogP contribution in [0.2, 0.25) is 0 Å². The second-order valence-electron chi connectivity index (χ2n) is 2.51. The molecule has 2 aromatic rings. The zero-order valence-corrected chi connectivity index (χ0v) is 6.94. The summed E-state index contributed by atoms with van der Waals surface area (Å²) in [6.45, 7) is 3.34. The van der Waals surface area contributed by atoms with Crippen LogP contribution in [0.4, 0.5) is 5.95 Å². The SMILES string of the molecule is C=Nc1n[nH]c(-c2ccccc2)n1. The zero-order valence-electron chi connectivity index (χ0n) is 6.94. The number of aromatic amines is 1. The summed E-state index contributed by atoms with van der Waals surface area (Å²) in [5.74, 6) is 1.09. The van der Waals surface area contributed by atoms with Gasteiger partial charge in [0.2, 0.25) is 0 Å². The molecule has 4 heteroatoms. The molecule has 0 saturated heterocycles. The summed E-state index contributed by atoms with van der Waals surface area (Å²) in [5, 5.41) is 6.62. The molecule has 0 amide bonds. The summed E-state index contributed by atoms with van der Waals surface area (Å²) in [4.78, 5) is 7.72. The van der Waals surface area contributed by atoms with Gasteiger partial charge in [0.15, 0.2) is 5.82 Å². The van der Waals surface area contributed by atoms with E-state index in [4.69, 9.17) is 0 Å². The van der Waals surface area contributed by atoms with Gasteiger partial charge in [-0.2, -0.15) is 4.98 Å². The minimum absolute atomic E-state index is 0.374. The Kier molecular flexibility index (Phi) is 1.88. The van der Waals surface area contributed by atoms with Gasteiger partial charge in [-0.05, 0) is 6.72 Å². The van der Waals surface area contributed by atoms with E-state index in [9.17, 15) is 0 Å². The van der Waals surface area contributed by atoms with Crippen LogP contribution in [0.25, 0.3) is 11.4 Å². The van der Waals surface area contributed by atoms with Gasteiger partial charge < -0.3 is 0 Å². The van der Waals surface area contributed by atoms with Gasteiger partial charge in [-0.1, -0.05) is 30.3 Å². The average Bonchev–Trinajstić information content (AvgIpc) is 2.67. The summed E-state index contributed by atoms with van der Waals surface area (Å²) >= 11 is 0. The molecule has 2 rings (SSSR count). The molecule has 64 valence electrons. The minimum atomic E-state index is 0.374. The van der Waals surface area contributed by atoms with Crippen molar-refractivity contribution in [3.63, 3.8) is 0 Å². The number of nitrogens with one attached hydrogen (secondary N) is 1. The van der Waals surface area contributed by atoms with Crippen LogP contribution in [0, 0.1) is 0 Å². The van der Waals surface area contributed by atoms with Crippen LogP contribution in [0.1, 0.15) is 0 Å². The van der Waals surface area contributed by atoms with E-state index >= 15 is 0 Å². The van der Waals surface area contributed by atoms with Crippen LogP contribution in [0.3, 0.4) is 0 Å². The van der Waals surface area contributed by atoms with Crippen LogP contribution in [0.5, 0.6) is 0 Å². The van der Waals surface area contributed by atoms with E-state index in [1.54, 1.807) is 0 Å². The second kappa shape index (κ2) is 3.18. The third-order valence-corrected chi connectivity index (χ3v) is 1.66. The Morgan fingerprint density at radius 2 is 2.00 bits per heavy atom. The first-order valence-electron chi connectivity index (χ1n) is 3.84. The molecule has 0 spiro atoms. The smallest absolute Gasteiger partial charge is 0.257 e. The Bertz CT molecular complexity index is 405. The molecule has 0 bridgehead atoms. The molecule has 0 unspecified atom stereocenters. The normalized spacial score (nSPS) is 9.85. The molecular weight excluding hydrogens is 164 g/mol. The largest absolute Gasteiger partial charge is 0.267 e. The molecule has 1 aromatic heterocycles. The topological polar surface area (TPSA) is 53.9 Å². The molecule has 0 aliphatic carbocycles. The standard InChI is InChI=1S/C9H8N4/c1-10-9-11-8(12-13-9)7-5-3-2-4-6-7/h2-6H,1H2,(H,11,12,13). The second-order valence-corrected chi connectivity index (χ2v) is 2.51. The van der Waals surface area contributed by atoms with Crippen molar-refractivity contribution >= 4 is 12.7 Å². The maximum Gasteiger partial charge on any atom is 0.267 e. The van der Waals surface area contributed by atoms with Crippen LogP contribution in [-0.2, 0) is 0 Å². The Morgan fingerprint density at radius 1 is 1.23 bits per heavy atom. The Hall–Kier alpha value is -1.97. The number of H-pyrrole nitrogens is 1. The van der Waals surface area contributed by atoms with Crippen LogP contribution in [0.15, 0.2) is 35.3 Å². The van der Waals surface area contributed by atoms with Gasteiger partial charge in [0.1, 0.15) is 0 Å². The van der Waals surface area contributed by atoms with E-state index in [0.717, 1.165) is 5.56 Å². The van der Waals surface area contributed by atoms with Crippen molar-refractivity contribution in [1.82, 2.24) is 15.2 Å². The predicted molar refractivity (Wildman–Crippen MR) is 51.0 cm³/mol. The first kappa shape index (κ1) is 7.67. The molecule has 0 fully saturated rings. The van der Waals surface area contributed by atoms with Gasteiger partial charge in [-0.3, -0.25) is 5.10 Å². The van der Waals surface area contributed by atoms with Gasteiger partial charge in [0, 0.05) is 5.56 Å². The lowest BCUT2D eigenvalue weighted by molar-refractivity contribution is 1.09. The van der Waals surface area contributed by atoms with Crippen LogP contribution < -0.4 is 0 Å². The number of aromatic nitrogens is 3.